The summed E-state index contributed by atoms with van der Waals surface area (Å²) in [6.45, 7) is 4.49. The molecule has 0 radical (unpaired) electrons. The average molecular weight is 405 g/mol. The molecule has 2 bridgehead atoms. The van der Waals surface area contributed by atoms with Gasteiger partial charge in [0.15, 0.2) is 0 Å². The molecule has 1 heterocycles. The summed E-state index contributed by atoms with van der Waals surface area (Å²) in [5.74, 6) is 3.00. The number of sulfonamides is 1. The summed E-state index contributed by atoms with van der Waals surface area (Å²) >= 11 is 0. The molecule has 1 aromatic rings. The Balaban J connectivity index is 1.25. The van der Waals surface area contributed by atoms with Gasteiger partial charge in [-0.3, -0.25) is 4.79 Å². The van der Waals surface area contributed by atoms with Crippen LogP contribution in [-0.2, 0) is 19.6 Å². The van der Waals surface area contributed by atoms with Crippen LogP contribution in [0.2, 0.25) is 0 Å². The minimum absolute atomic E-state index is 0.109. The van der Waals surface area contributed by atoms with Crippen LogP contribution in [0.15, 0.2) is 29.2 Å². The van der Waals surface area contributed by atoms with Gasteiger partial charge in [-0.1, -0.05) is 0 Å². The van der Waals surface area contributed by atoms with Crippen LogP contribution in [0, 0.1) is 29.6 Å². The number of rotatable bonds is 4. The van der Waals surface area contributed by atoms with E-state index in [2.05, 4.69) is 5.32 Å². The lowest BCUT2D eigenvalue weighted by Gasteiger charge is -2.34. The third kappa shape index (κ3) is 2.99. The molecule has 6 nitrogen and oxygen atoms in total. The fourth-order valence-electron chi connectivity index (χ4n) is 6.09. The summed E-state index contributed by atoms with van der Waals surface area (Å²) in [7, 11) is -3.56. The Kier molecular flexibility index (Phi) is 4.34. The molecule has 1 amide bonds. The normalized spacial score (nSPS) is 39.6. The van der Waals surface area contributed by atoms with Crippen LogP contribution in [0.1, 0.15) is 33.1 Å². The second-order valence-electron chi connectivity index (χ2n) is 9.11. The number of ether oxygens (including phenoxy) is 1. The number of hydrogen-bond donors (Lipinski definition) is 1. The van der Waals surface area contributed by atoms with Crippen LogP contribution in [0.25, 0.3) is 0 Å². The van der Waals surface area contributed by atoms with Gasteiger partial charge in [0.1, 0.15) is 0 Å². The van der Waals surface area contributed by atoms with Gasteiger partial charge in [-0.15, -0.1) is 0 Å². The van der Waals surface area contributed by atoms with Gasteiger partial charge in [0.25, 0.3) is 0 Å². The van der Waals surface area contributed by atoms with E-state index in [0.29, 0.717) is 30.6 Å². The van der Waals surface area contributed by atoms with Crippen molar-refractivity contribution in [3.8, 4) is 0 Å². The van der Waals surface area contributed by atoms with Crippen LogP contribution in [0.4, 0.5) is 5.69 Å². The van der Waals surface area contributed by atoms with Gasteiger partial charge in [-0.05, 0) is 81.0 Å². The van der Waals surface area contributed by atoms with Crippen molar-refractivity contribution >= 4 is 21.6 Å². The molecule has 1 aromatic carbocycles. The third-order valence-electron chi connectivity index (χ3n) is 7.18. The van der Waals surface area contributed by atoms with Crippen molar-refractivity contribution in [1.29, 1.82) is 0 Å². The Labute approximate surface area is 166 Å². The number of anilines is 1. The van der Waals surface area contributed by atoms with Crippen molar-refractivity contribution in [1.82, 2.24) is 4.31 Å². The lowest BCUT2D eigenvalue weighted by Crippen LogP contribution is -2.48. The molecule has 7 atom stereocenters. The fraction of sp³-hybridized carbons (Fsp3) is 0.667. The topological polar surface area (TPSA) is 75.7 Å². The Morgan fingerprint density at radius 3 is 2.18 bits per heavy atom. The molecule has 0 aromatic heterocycles. The van der Waals surface area contributed by atoms with Crippen LogP contribution in [0.5, 0.6) is 0 Å². The van der Waals surface area contributed by atoms with Crippen molar-refractivity contribution in [2.45, 2.75) is 50.2 Å². The van der Waals surface area contributed by atoms with Crippen molar-refractivity contribution in [2.75, 3.05) is 18.4 Å². The Bertz CT molecular complexity index is 858. The molecule has 28 heavy (non-hydrogen) atoms. The lowest BCUT2D eigenvalue weighted by atomic mass is 10.0. The molecule has 5 rings (SSSR count). The molecular weight excluding hydrogens is 376 g/mol. The van der Waals surface area contributed by atoms with E-state index in [1.165, 1.54) is 23.6 Å². The molecule has 3 aliphatic carbocycles. The molecule has 4 fully saturated rings. The molecule has 1 N–H and O–H groups in total. The molecule has 4 aliphatic rings. The molecule has 0 spiro atoms. The highest BCUT2D eigenvalue weighted by Crippen LogP contribution is 2.69. The number of carbonyl (C=O) groups is 1. The highest BCUT2D eigenvalue weighted by Gasteiger charge is 2.67. The zero-order chi connectivity index (χ0) is 19.6. The molecular formula is C21H28N2O4S. The summed E-state index contributed by atoms with van der Waals surface area (Å²) in [6, 6.07) is 6.58. The summed E-state index contributed by atoms with van der Waals surface area (Å²) in [4.78, 5) is 12.9. The number of nitrogens with zero attached hydrogens (tertiary/aromatic N) is 1. The summed E-state index contributed by atoms with van der Waals surface area (Å²) in [6.07, 6.45) is 3.67. The number of morpholine rings is 1. The van der Waals surface area contributed by atoms with E-state index in [1.807, 2.05) is 13.8 Å². The highest BCUT2D eigenvalue weighted by molar-refractivity contribution is 7.89. The average Bonchev–Trinajstić information content (AvgIpc) is 3.09. The maximum absolute atomic E-state index is 12.9. The Morgan fingerprint density at radius 1 is 1.04 bits per heavy atom. The maximum atomic E-state index is 12.9. The Morgan fingerprint density at radius 2 is 1.61 bits per heavy atom. The first kappa shape index (κ1) is 18.6. The smallest absolute Gasteiger partial charge is 0.243 e. The fourth-order valence-corrected chi connectivity index (χ4v) is 7.68. The van der Waals surface area contributed by atoms with E-state index in [1.54, 1.807) is 24.3 Å². The van der Waals surface area contributed by atoms with E-state index in [9.17, 15) is 13.2 Å². The van der Waals surface area contributed by atoms with E-state index >= 15 is 0 Å². The summed E-state index contributed by atoms with van der Waals surface area (Å²) in [5.41, 5.74) is 0.671. The minimum Gasteiger partial charge on any atom is -0.373 e. The number of hydrogen-bond acceptors (Lipinski definition) is 4. The molecule has 1 aliphatic heterocycles. The van der Waals surface area contributed by atoms with Crippen LogP contribution >= 0.6 is 0 Å². The molecule has 1 saturated heterocycles. The van der Waals surface area contributed by atoms with Gasteiger partial charge in [-0.25, -0.2) is 8.42 Å². The van der Waals surface area contributed by atoms with E-state index in [-0.39, 0.29) is 28.9 Å². The van der Waals surface area contributed by atoms with Crippen molar-refractivity contribution in [3.05, 3.63) is 24.3 Å². The van der Waals surface area contributed by atoms with Gasteiger partial charge in [0.05, 0.1) is 17.1 Å². The SMILES string of the molecule is C[C@@H]1CN(S(=O)(=O)c2ccc(NC(=O)C3[C@@H]4[C@H]5CC[C@@H](C5)[C@H]34)cc2)C[C@@H](C)O1. The number of carbonyl (C=O) groups excluding carboxylic acids is 1. The van der Waals surface area contributed by atoms with Crippen LogP contribution in [0.3, 0.4) is 0 Å². The summed E-state index contributed by atoms with van der Waals surface area (Å²) < 4.78 is 33.0. The largest absolute Gasteiger partial charge is 0.373 e. The summed E-state index contributed by atoms with van der Waals surface area (Å²) in [5, 5.41) is 3.01. The standard InChI is InChI=1S/C21H28N2O4S/c1-12-10-23(11-13(2)27-12)28(25,26)17-7-5-16(6-8-17)22-21(24)20-18-14-3-4-15(9-14)19(18)20/h5-8,12-15,18-20H,3-4,9-11H2,1-2H3,(H,22,24)/t12-,13-,14+,15+,18-,19+,20?/m1/s1. The predicted molar refractivity (Wildman–Crippen MR) is 105 cm³/mol. The molecule has 1 unspecified atom stereocenters. The zero-order valence-electron chi connectivity index (χ0n) is 16.4. The van der Waals surface area contributed by atoms with E-state index in [0.717, 1.165) is 11.8 Å². The lowest BCUT2D eigenvalue weighted by molar-refractivity contribution is -0.118. The van der Waals surface area contributed by atoms with Crippen molar-refractivity contribution in [2.24, 2.45) is 29.6 Å². The van der Waals surface area contributed by atoms with Gasteiger partial charge in [-0.2, -0.15) is 4.31 Å². The first-order valence-electron chi connectivity index (χ1n) is 10.4. The van der Waals surface area contributed by atoms with E-state index in [4.69, 9.17) is 4.74 Å². The third-order valence-corrected chi connectivity index (χ3v) is 9.03. The van der Waals surface area contributed by atoms with E-state index < -0.39 is 10.0 Å². The Hall–Kier alpha value is -1.44. The first-order valence-corrected chi connectivity index (χ1v) is 11.8. The number of nitrogens with one attached hydrogen (secondary N) is 1. The highest BCUT2D eigenvalue weighted by atomic mass is 32.2. The van der Waals surface area contributed by atoms with Gasteiger partial charge in [0, 0.05) is 24.7 Å². The first-order chi connectivity index (χ1) is 13.3. The molecule has 7 heteroatoms. The van der Waals surface area contributed by atoms with Gasteiger partial charge >= 0.3 is 0 Å². The second kappa shape index (κ2) is 6.54. The quantitative estimate of drug-likeness (QED) is 0.837. The predicted octanol–water partition coefficient (Wildman–Crippen LogP) is 2.72. The van der Waals surface area contributed by atoms with Gasteiger partial charge < -0.3 is 10.1 Å². The second-order valence-corrected chi connectivity index (χ2v) is 11.0. The van der Waals surface area contributed by atoms with Crippen molar-refractivity contribution in [3.63, 3.8) is 0 Å². The van der Waals surface area contributed by atoms with Crippen LogP contribution < -0.4 is 5.32 Å². The molecule has 3 saturated carbocycles. The monoisotopic (exact) mass is 404 g/mol. The van der Waals surface area contributed by atoms with Crippen molar-refractivity contribution < 1.29 is 17.9 Å². The maximum Gasteiger partial charge on any atom is 0.243 e. The van der Waals surface area contributed by atoms with Gasteiger partial charge in [0.2, 0.25) is 15.9 Å². The zero-order valence-corrected chi connectivity index (χ0v) is 17.2. The number of amides is 1. The molecule has 152 valence electrons. The minimum atomic E-state index is -3.56. The number of fused-ring (bicyclic) bond motifs is 5. The number of benzene rings is 1. The van der Waals surface area contributed by atoms with Crippen LogP contribution in [-0.4, -0.2) is 43.9 Å².